The van der Waals surface area contributed by atoms with Crippen molar-refractivity contribution in [2.75, 3.05) is 5.32 Å². The van der Waals surface area contributed by atoms with Gasteiger partial charge in [0.2, 0.25) is 0 Å². The zero-order chi connectivity index (χ0) is 15.6. The first-order chi connectivity index (χ1) is 9.80. The lowest BCUT2D eigenvalue weighted by atomic mass is 10.3. The van der Waals surface area contributed by atoms with Gasteiger partial charge in [0.05, 0.1) is 15.8 Å². The van der Waals surface area contributed by atoms with Gasteiger partial charge in [0, 0.05) is 6.07 Å². The molecule has 0 unspecified atom stereocenters. The third-order valence-electron chi connectivity index (χ3n) is 2.88. The van der Waals surface area contributed by atoms with Crippen LogP contribution >= 0.6 is 11.6 Å². The Morgan fingerprint density at radius 3 is 2.48 bits per heavy atom. The summed E-state index contributed by atoms with van der Waals surface area (Å²) in [5.74, 6) is 0.966. The molecule has 0 aliphatic rings. The maximum Gasteiger partial charge on any atom is 0.182 e. The molecule has 21 heavy (non-hydrogen) atoms. The van der Waals surface area contributed by atoms with Crippen LogP contribution in [0.2, 0.25) is 5.15 Å². The number of nitrogens with zero attached hydrogens (tertiary/aromatic N) is 2. The van der Waals surface area contributed by atoms with Gasteiger partial charge < -0.3 is 5.32 Å². The van der Waals surface area contributed by atoms with Gasteiger partial charge in [0.25, 0.3) is 0 Å². The standard InChI is InChI=1S/C14H16ClN3O2S/c1-9(2)21(19,20)12-7-5-4-6-11(12)18-14-8-13(15)16-10(3)17-14/h4-9H,1-3H3,(H,16,17,18). The number of sulfone groups is 1. The summed E-state index contributed by atoms with van der Waals surface area (Å²) >= 11 is 5.89. The van der Waals surface area contributed by atoms with Gasteiger partial charge in [-0.25, -0.2) is 18.4 Å². The molecule has 2 rings (SSSR count). The molecular weight excluding hydrogens is 310 g/mol. The highest BCUT2D eigenvalue weighted by Gasteiger charge is 2.22. The van der Waals surface area contributed by atoms with Crippen LogP contribution in [0, 0.1) is 6.92 Å². The van der Waals surface area contributed by atoms with E-state index in [1.165, 1.54) is 0 Å². The van der Waals surface area contributed by atoms with Crippen LogP contribution in [0.4, 0.5) is 11.5 Å². The van der Waals surface area contributed by atoms with E-state index in [-0.39, 0.29) is 4.90 Å². The van der Waals surface area contributed by atoms with Crippen LogP contribution in [0.5, 0.6) is 0 Å². The summed E-state index contributed by atoms with van der Waals surface area (Å²) in [7, 11) is -3.39. The summed E-state index contributed by atoms with van der Waals surface area (Å²) in [4.78, 5) is 8.41. The second kappa shape index (κ2) is 5.99. The summed E-state index contributed by atoms with van der Waals surface area (Å²) < 4.78 is 24.8. The fourth-order valence-corrected chi connectivity index (χ4v) is 3.23. The summed E-state index contributed by atoms with van der Waals surface area (Å²) in [5.41, 5.74) is 0.473. The molecule has 0 bridgehead atoms. The van der Waals surface area contributed by atoms with Crippen LogP contribution in [0.25, 0.3) is 0 Å². The Bertz CT molecular complexity index is 740. The molecule has 7 heteroatoms. The van der Waals surface area contributed by atoms with Crippen molar-refractivity contribution in [2.24, 2.45) is 0 Å². The first-order valence-corrected chi connectivity index (χ1v) is 8.34. The molecule has 1 aromatic carbocycles. The lowest BCUT2D eigenvalue weighted by Gasteiger charge is -2.14. The summed E-state index contributed by atoms with van der Waals surface area (Å²) in [6.45, 7) is 5.02. The van der Waals surface area contributed by atoms with E-state index < -0.39 is 15.1 Å². The molecule has 5 nitrogen and oxygen atoms in total. The van der Waals surface area contributed by atoms with E-state index in [2.05, 4.69) is 15.3 Å². The SMILES string of the molecule is Cc1nc(Cl)cc(Nc2ccccc2S(=O)(=O)C(C)C)n1. The average Bonchev–Trinajstić information content (AvgIpc) is 2.37. The molecule has 0 fully saturated rings. The number of aromatic nitrogens is 2. The lowest BCUT2D eigenvalue weighted by molar-refractivity contribution is 0.588. The maximum absolute atomic E-state index is 12.4. The number of nitrogens with one attached hydrogen (secondary N) is 1. The topological polar surface area (TPSA) is 72.0 Å². The van der Waals surface area contributed by atoms with Gasteiger partial charge in [-0.15, -0.1) is 0 Å². The summed E-state index contributed by atoms with van der Waals surface area (Å²) in [6, 6.07) is 8.28. The highest BCUT2D eigenvalue weighted by atomic mass is 35.5. The molecule has 1 aromatic heterocycles. The Morgan fingerprint density at radius 2 is 1.86 bits per heavy atom. The van der Waals surface area contributed by atoms with E-state index in [1.807, 2.05) is 0 Å². The van der Waals surface area contributed by atoms with Crippen LogP contribution in [-0.4, -0.2) is 23.6 Å². The predicted molar refractivity (Wildman–Crippen MR) is 83.8 cm³/mol. The van der Waals surface area contributed by atoms with Crippen molar-refractivity contribution < 1.29 is 8.42 Å². The molecule has 0 radical (unpaired) electrons. The normalized spacial score (nSPS) is 11.7. The molecule has 0 aliphatic carbocycles. The number of hydrogen-bond acceptors (Lipinski definition) is 5. The van der Waals surface area contributed by atoms with Gasteiger partial charge in [-0.2, -0.15) is 0 Å². The smallest absolute Gasteiger partial charge is 0.182 e. The third-order valence-corrected chi connectivity index (χ3v) is 5.29. The molecule has 112 valence electrons. The minimum Gasteiger partial charge on any atom is -0.339 e. The highest BCUT2D eigenvalue weighted by molar-refractivity contribution is 7.92. The van der Waals surface area contributed by atoms with Gasteiger partial charge in [0.1, 0.15) is 16.8 Å². The number of anilines is 2. The van der Waals surface area contributed by atoms with Crippen molar-refractivity contribution in [3.05, 3.63) is 41.3 Å². The summed E-state index contributed by atoms with van der Waals surface area (Å²) in [6.07, 6.45) is 0. The first kappa shape index (κ1) is 15.7. The van der Waals surface area contributed by atoms with Crippen molar-refractivity contribution >= 4 is 32.9 Å². The molecule has 0 amide bonds. The predicted octanol–water partition coefficient (Wildman–Crippen LogP) is 3.36. The van der Waals surface area contributed by atoms with Crippen LogP contribution in [0.3, 0.4) is 0 Å². The Labute approximate surface area is 129 Å². The van der Waals surface area contributed by atoms with E-state index in [0.29, 0.717) is 22.5 Å². The fourth-order valence-electron chi connectivity index (χ4n) is 1.81. The molecule has 0 atom stereocenters. The third kappa shape index (κ3) is 3.51. The second-order valence-corrected chi connectivity index (χ2v) is 7.70. The second-order valence-electron chi connectivity index (χ2n) is 4.84. The number of para-hydroxylation sites is 1. The Kier molecular flexibility index (Phi) is 4.49. The highest BCUT2D eigenvalue weighted by Crippen LogP contribution is 2.27. The van der Waals surface area contributed by atoms with Crippen molar-refractivity contribution in [3.8, 4) is 0 Å². The fraction of sp³-hybridized carbons (Fsp3) is 0.286. The number of hydrogen-bond donors (Lipinski definition) is 1. The van der Waals surface area contributed by atoms with E-state index in [4.69, 9.17) is 11.6 Å². The molecule has 0 saturated heterocycles. The first-order valence-electron chi connectivity index (χ1n) is 6.42. The Balaban J connectivity index is 2.46. The van der Waals surface area contributed by atoms with E-state index >= 15 is 0 Å². The van der Waals surface area contributed by atoms with Crippen molar-refractivity contribution in [1.29, 1.82) is 0 Å². The van der Waals surface area contributed by atoms with Gasteiger partial charge in [-0.1, -0.05) is 23.7 Å². The van der Waals surface area contributed by atoms with Gasteiger partial charge >= 0.3 is 0 Å². The van der Waals surface area contributed by atoms with Gasteiger partial charge in [-0.3, -0.25) is 0 Å². The Hall–Kier alpha value is -1.66. The van der Waals surface area contributed by atoms with Crippen LogP contribution in [0.1, 0.15) is 19.7 Å². The minimum atomic E-state index is -3.39. The zero-order valence-electron chi connectivity index (χ0n) is 12.0. The van der Waals surface area contributed by atoms with Crippen molar-refractivity contribution in [1.82, 2.24) is 9.97 Å². The minimum absolute atomic E-state index is 0.243. The molecule has 1 N–H and O–H groups in total. The molecule has 1 heterocycles. The average molecular weight is 326 g/mol. The maximum atomic E-state index is 12.4. The lowest BCUT2D eigenvalue weighted by Crippen LogP contribution is -2.15. The number of halogens is 1. The molecule has 0 saturated carbocycles. The number of benzene rings is 1. The van der Waals surface area contributed by atoms with Gasteiger partial charge in [-0.05, 0) is 32.9 Å². The quantitative estimate of drug-likeness (QED) is 0.873. The number of aryl methyl sites for hydroxylation is 1. The Morgan fingerprint density at radius 1 is 1.19 bits per heavy atom. The van der Waals surface area contributed by atoms with E-state index in [0.717, 1.165) is 0 Å². The monoisotopic (exact) mass is 325 g/mol. The zero-order valence-corrected chi connectivity index (χ0v) is 13.5. The van der Waals surface area contributed by atoms with Gasteiger partial charge in [0.15, 0.2) is 9.84 Å². The van der Waals surface area contributed by atoms with Crippen LogP contribution < -0.4 is 5.32 Å². The van der Waals surface area contributed by atoms with Crippen molar-refractivity contribution in [3.63, 3.8) is 0 Å². The van der Waals surface area contributed by atoms with Crippen LogP contribution in [0.15, 0.2) is 35.2 Å². The summed E-state index contributed by atoms with van der Waals surface area (Å²) in [5, 5.41) is 2.80. The van der Waals surface area contributed by atoms with Crippen molar-refractivity contribution in [2.45, 2.75) is 30.9 Å². The van der Waals surface area contributed by atoms with E-state index in [1.54, 1.807) is 51.1 Å². The molecular formula is C14H16ClN3O2S. The molecule has 0 aliphatic heterocycles. The molecule has 2 aromatic rings. The number of rotatable bonds is 4. The van der Waals surface area contributed by atoms with E-state index in [9.17, 15) is 8.42 Å². The van der Waals surface area contributed by atoms with Crippen LogP contribution in [-0.2, 0) is 9.84 Å². The molecule has 0 spiro atoms. The largest absolute Gasteiger partial charge is 0.339 e.